The van der Waals surface area contributed by atoms with Crippen LogP contribution in [0.1, 0.15) is 23.2 Å². The van der Waals surface area contributed by atoms with Gasteiger partial charge in [0, 0.05) is 5.56 Å². The zero-order valence-corrected chi connectivity index (χ0v) is 8.96. The fourth-order valence-electron chi connectivity index (χ4n) is 1.20. The second-order valence-corrected chi connectivity index (χ2v) is 3.61. The second kappa shape index (κ2) is 4.03. The van der Waals surface area contributed by atoms with Gasteiger partial charge in [-0.1, -0.05) is 0 Å². The Labute approximate surface area is 90.4 Å². The Morgan fingerprint density at radius 3 is 2.27 bits per heavy atom. The molecule has 0 unspecified atom stereocenters. The van der Waals surface area contributed by atoms with E-state index in [1.165, 1.54) is 0 Å². The smallest absolute Gasteiger partial charge is 0.246 e. The largest absolute Gasteiger partial charge is 0.418 e. The lowest BCUT2D eigenvalue weighted by atomic mass is 10.1. The Hall–Kier alpha value is -0.720. The number of aromatic nitrogens is 1. The molecule has 0 atom stereocenters. The zero-order chi connectivity index (χ0) is 11.8. The van der Waals surface area contributed by atoms with Crippen molar-refractivity contribution < 1.29 is 22.0 Å². The molecule has 15 heavy (non-hydrogen) atoms. The lowest BCUT2D eigenvalue weighted by molar-refractivity contribution is -0.140. The van der Waals surface area contributed by atoms with Gasteiger partial charge in [-0.2, -0.15) is 13.2 Å². The molecule has 0 bridgehead atoms. The third-order valence-corrected chi connectivity index (χ3v) is 2.12. The summed E-state index contributed by atoms with van der Waals surface area (Å²) in [6, 6.07) is 0.681. The summed E-state index contributed by atoms with van der Waals surface area (Å²) in [5, 5.41) is 0. The summed E-state index contributed by atoms with van der Waals surface area (Å²) in [7, 11) is 0. The molecule has 0 aliphatic carbocycles. The molecule has 1 heterocycles. The molecule has 0 radical (unpaired) electrons. The molecule has 1 rings (SSSR count). The van der Waals surface area contributed by atoms with E-state index in [0.29, 0.717) is 6.07 Å². The highest BCUT2D eigenvalue weighted by molar-refractivity contribution is 9.10. The van der Waals surface area contributed by atoms with Crippen molar-refractivity contribution in [2.24, 2.45) is 0 Å². The first-order valence-electron chi connectivity index (χ1n) is 3.76. The van der Waals surface area contributed by atoms with Crippen molar-refractivity contribution in [3.8, 4) is 0 Å². The molecule has 84 valence electrons. The fourth-order valence-corrected chi connectivity index (χ4v) is 1.71. The highest BCUT2D eigenvalue weighted by atomic mass is 79.9. The molecule has 1 nitrogen and oxygen atoms in total. The molecule has 0 aromatic carbocycles. The Balaban J connectivity index is 3.48. The minimum atomic E-state index is -4.82. The molecular weight excluding hydrogens is 285 g/mol. The van der Waals surface area contributed by atoms with Crippen LogP contribution in [-0.4, -0.2) is 4.98 Å². The second-order valence-electron chi connectivity index (χ2n) is 2.79. The first-order chi connectivity index (χ1) is 6.73. The van der Waals surface area contributed by atoms with Gasteiger partial charge in [0.25, 0.3) is 6.43 Å². The monoisotopic (exact) mass is 289 g/mol. The van der Waals surface area contributed by atoms with Crippen LogP contribution in [0, 0.1) is 6.92 Å². The predicted octanol–water partition coefficient (Wildman–Crippen LogP) is 4.11. The number of alkyl halides is 5. The van der Waals surface area contributed by atoms with Crippen molar-refractivity contribution in [1.29, 1.82) is 0 Å². The number of pyridine rings is 1. The maximum Gasteiger partial charge on any atom is 0.418 e. The van der Waals surface area contributed by atoms with Crippen LogP contribution in [0.4, 0.5) is 22.0 Å². The molecule has 7 heteroatoms. The highest BCUT2D eigenvalue weighted by Crippen LogP contribution is 2.38. The van der Waals surface area contributed by atoms with Crippen molar-refractivity contribution in [1.82, 2.24) is 4.98 Å². The summed E-state index contributed by atoms with van der Waals surface area (Å²) in [5.74, 6) is 0. The number of aryl methyl sites for hydroxylation is 1. The number of halogens is 6. The summed E-state index contributed by atoms with van der Waals surface area (Å²) < 4.78 is 61.9. The SMILES string of the molecule is Cc1nc(Br)cc(C(F)F)c1C(F)(F)F. The van der Waals surface area contributed by atoms with Gasteiger partial charge in [-0.3, -0.25) is 0 Å². The molecule has 0 aliphatic heterocycles. The summed E-state index contributed by atoms with van der Waals surface area (Å²) in [4.78, 5) is 3.45. The van der Waals surface area contributed by atoms with Crippen LogP contribution in [0.2, 0.25) is 0 Å². The molecule has 0 aliphatic rings. The Morgan fingerprint density at radius 1 is 1.33 bits per heavy atom. The van der Waals surface area contributed by atoms with Crippen molar-refractivity contribution in [2.45, 2.75) is 19.5 Å². The van der Waals surface area contributed by atoms with Gasteiger partial charge in [0.05, 0.1) is 11.3 Å². The standard InChI is InChI=1S/C8H5BrF5N/c1-3-6(8(12,13)14)4(7(10)11)2-5(9)15-3/h2,7H,1H3. The van der Waals surface area contributed by atoms with Crippen molar-refractivity contribution in [3.63, 3.8) is 0 Å². The van der Waals surface area contributed by atoms with Crippen LogP contribution < -0.4 is 0 Å². The number of hydrogen-bond donors (Lipinski definition) is 0. The van der Waals surface area contributed by atoms with Gasteiger partial charge in [-0.05, 0) is 28.9 Å². The first-order valence-corrected chi connectivity index (χ1v) is 4.55. The van der Waals surface area contributed by atoms with Crippen LogP contribution in [0.15, 0.2) is 10.7 Å². The number of rotatable bonds is 1. The molecular formula is C8H5BrF5N. The predicted molar refractivity (Wildman–Crippen MR) is 46.6 cm³/mol. The van der Waals surface area contributed by atoms with Gasteiger partial charge >= 0.3 is 6.18 Å². The number of nitrogens with zero attached hydrogens (tertiary/aromatic N) is 1. The molecule has 0 fully saturated rings. The summed E-state index contributed by atoms with van der Waals surface area (Å²) >= 11 is 2.77. The third-order valence-electron chi connectivity index (χ3n) is 1.72. The van der Waals surface area contributed by atoms with Crippen LogP contribution in [0.25, 0.3) is 0 Å². The van der Waals surface area contributed by atoms with E-state index in [9.17, 15) is 22.0 Å². The molecule has 0 saturated heterocycles. The quantitative estimate of drug-likeness (QED) is 0.560. The van der Waals surface area contributed by atoms with E-state index in [0.717, 1.165) is 6.92 Å². The topological polar surface area (TPSA) is 12.9 Å². The van der Waals surface area contributed by atoms with Crippen LogP contribution in [0.3, 0.4) is 0 Å². The Kier molecular flexibility index (Phi) is 3.32. The Morgan fingerprint density at radius 2 is 1.87 bits per heavy atom. The average Bonchev–Trinajstić information content (AvgIpc) is 1.99. The van der Waals surface area contributed by atoms with Gasteiger partial charge < -0.3 is 0 Å². The van der Waals surface area contributed by atoms with Crippen LogP contribution in [-0.2, 0) is 6.18 Å². The maximum absolute atomic E-state index is 12.4. The lowest BCUT2D eigenvalue weighted by Crippen LogP contribution is -2.13. The van der Waals surface area contributed by atoms with Crippen molar-refractivity contribution in [3.05, 3.63) is 27.5 Å². The molecule has 0 N–H and O–H groups in total. The molecule has 0 saturated carbocycles. The maximum atomic E-state index is 12.4. The zero-order valence-electron chi connectivity index (χ0n) is 7.37. The minimum absolute atomic E-state index is 0.0386. The fraction of sp³-hybridized carbons (Fsp3) is 0.375. The van der Waals surface area contributed by atoms with Gasteiger partial charge in [-0.15, -0.1) is 0 Å². The number of hydrogen-bond acceptors (Lipinski definition) is 1. The van der Waals surface area contributed by atoms with E-state index in [1.54, 1.807) is 0 Å². The lowest BCUT2D eigenvalue weighted by Gasteiger charge is -2.14. The van der Waals surface area contributed by atoms with E-state index >= 15 is 0 Å². The van der Waals surface area contributed by atoms with Gasteiger partial charge in [0.1, 0.15) is 4.60 Å². The van der Waals surface area contributed by atoms with Crippen LogP contribution >= 0.6 is 15.9 Å². The first kappa shape index (κ1) is 12.4. The van der Waals surface area contributed by atoms with E-state index in [2.05, 4.69) is 20.9 Å². The summed E-state index contributed by atoms with van der Waals surface area (Å²) in [5.41, 5.74) is -2.88. The minimum Gasteiger partial charge on any atom is -0.246 e. The van der Waals surface area contributed by atoms with E-state index in [-0.39, 0.29) is 4.60 Å². The van der Waals surface area contributed by atoms with Crippen molar-refractivity contribution >= 4 is 15.9 Å². The molecule has 1 aromatic heterocycles. The third kappa shape index (κ3) is 2.64. The van der Waals surface area contributed by atoms with Crippen molar-refractivity contribution in [2.75, 3.05) is 0 Å². The average molecular weight is 290 g/mol. The van der Waals surface area contributed by atoms with Gasteiger partial charge in [0.15, 0.2) is 0 Å². The van der Waals surface area contributed by atoms with Crippen LogP contribution in [0.5, 0.6) is 0 Å². The van der Waals surface area contributed by atoms with E-state index in [1.807, 2.05) is 0 Å². The van der Waals surface area contributed by atoms with E-state index in [4.69, 9.17) is 0 Å². The highest BCUT2D eigenvalue weighted by Gasteiger charge is 2.38. The molecule has 0 amide bonds. The van der Waals surface area contributed by atoms with Gasteiger partial charge in [-0.25, -0.2) is 13.8 Å². The Bertz CT molecular complexity index is 374. The van der Waals surface area contributed by atoms with E-state index < -0.39 is 29.4 Å². The normalized spacial score (nSPS) is 12.3. The summed E-state index contributed by atoms with van der Waals surface area (Å²) in [6.07, 6.45) is -8.00. The molecule has 1 aromatic rings. The molecule has 0 spiro atoms. The summed E-state index contributed by atoms with van der Waals surface area (Å²) in [6.45, 7) is 1.04. The van der Waals surface area contributed by atoms with Gasteiger partial charge in [0.2, 0.25) is 0 Å².